The molecule has 90 valence electrons. The van der Waals surface area contributed by atoms with Gasteiger partial charge in [0.2, 0.25) is 0 Å². The third kappa shape index (κ3) is 2.94. The predicted octanol–water partition coefficient (Wildman–Crippen LogP) is 2.05. The molecule has 3 heteroatoms. The van der Waals surface area contributed by atoms with E-state index in [9.17, 15) is 0 Å². The van der Waals surface area contributed by atoms with Crippen LogP contribution in [0.25, 0.3) is 0 Å². The van der Waals surface area contributed by atoms with Gasteiger partial charge in [-0.15, -0.1) is 0 Å². The second-order valence-corrected chi connectivity index (χ2v) is 4.44. The first kappa shape index (κ1) is 11.9. The molecule has 0 atom stereocenters. The van der Waals surface area contributed by atoms with Gasteiger partial charge in [0.1, 0.15) is 0 Å². The molecular formula is C14H19N3. The van der Waals surface area contributed by atoms with Gasteiger partial charge in [0, 0.05) is 5.69 Å². The molecule has 0 fully saturated rings. The third-order valence-corrected chi connectivity index (χ3v) is 2.89. The van der Waals surface area contributed by atoms with Crippen LogP contribution in [0.5, 0.6) is 0 Å². The van der Waals surface area contributed by atoms with Crippen molar-refractivity contribution in [2.24, 2.45) is 5.73 Å². The Labute approximate surface area is 102 Å². The summed E-state index contributed by atoms with van der Waals surface area (Å²) in [6.07, 6.45) is 0.945. The Hall–Kier alpha value is -1.61. The molecule has 1 aromatic heterocycles. The van der Waals surface area contributed by atoms with E-state index in [1.807, 2.05) is 11.6 Å². The van der Waals surface area contributed by atoms with Crippen molar-refractivity contribution >= 4 is 0 Å². The molecule has 0 saturated carbocycles. The zero-order chi connectivity index (χ0) is 12.3. The first-order chi connectivity index (χ1) is 8.19. The smallest absolute Gasteiger partial charge is 0.0662 e. The fourth-order valence-corrected chi connectivity index (χ4v) is 1.99. The molecule has 0 unspecified atom stereocenters. The van der Waals surface area contributed by atoms with Crippen LogP contribution >= 0.6 is 0 Å². The molecule has 0 saturated heterocycles. The minimum atomic E-state index is 0.705. The van der Waals surface area contributed by atoms with E-state index < -0.39 is 0 Å². The average Bonchev–Trinajstić information content (AvgIpc) is 2.61. The molecule has 0 aliphatic heterocycles. The summed E-state index contributed by atoms with van der Waals surface area (Å²) in [5, 5.41) is 4.46. The van der Waals surface area contributed by atoms with Crippen LogP contribution in [0.15, 0.2) is 30.3 Å². The van der Waals surface area contributed by atoms with Crippen LogP contribution in [-0.2, 0) is 13.0 Å². The minimum absolute atomic E-state index is 0.705. The lowest BCUT2D eigenvalue weighted by molar-refractivity contribution is 0.659. The van der Waals surface area contributed by atoms with Crippen LogP contribution in [-0.4, -0.2) is 16.3 Å². The van der Waals surface area contributed by atoms with Crippen molar-refractivity contribution < 1.29 is 0 Å². The molecule has 3 nitrogen and oxygen atoms in total. The molecule has 17 heavy (non-hydrogen) atoms. The van der Waals surface area contributed by atoms with Crippen molar-refractivity contribution in [3.63, 3.8) is 0 Å². The summed E-state index contributed by atoms with van der Waals surface area (Å²) in [7, 11) is 0. The van der Waals surface area contributed by atoms with Crippen molar-refractivity contribution in [3.8, 4) is 0 Å². The van der Waals surface area contributed by atoms with Gasteiger partial charge in [-0.3, -0.25) is 4.68 Å². The van der Waals surface area contributed by atoms with E-state index in [1.165, 1.54) is 16.8 Å². The molecule has 1 heterocycles. The zero-order valence-corrected chi connectivity index (χ0v) is 10.5. The maximum absolute atomic E-state index is 5.53. The number of benzene rings is 1. The van der Waals surface area contributed by atoms with Crippen molar-refractivity contribution in [1.29, 1.82) is 0 Å². The normalized spacial score (nSPS) is 10.8. The number of hydrogen-bond donors (Lipinski definition) is 1. The Balaban J connectivity index is 2.11. The van der Waals surface area contributed by atoms with E-state index in [0.29, 0.717) is 6.54 Å². The van der Waals surface area contributed by atoms with Gasteiger partial charge in [-0.25, -0.2) is 0 Å². The Morgan fingerprint density at radius 1 is 1.12 bits per heavy atom. The highest BCUT2D eigenvalue weighted by Crippen LogP contribution is 2.09. The molecule has 0 radical (unpaired) electrons. The highest BCUT2D eigenvalue weighted by Gasteiger charge is 2.01. The summed E-state index contributed by atoms with van der Waals surface area (Å²) in [5.74, 6) is 0. The summed E-state index contributed by atoms with van der Waals surface area (Å²) in [6, 6.07) is 10.7. The van der Waals surface area contributed by atoms with E-state index >= 15 is 0 Å². The van der Waals surface area contributed by atoms with Crippen molar-refractivity contribution in [1.82, 2.24) is 9.78 Å². The molecule has 0 spiro atoms. The number of aromatic nitrogens is 2. The summed E-state index contributed by atoms with van der Waals surface area (Å²) in [4.78, 5) is 0. The van der Waals surface area contributed by atoms with Crippen molar-refractivity contribution in [3.05, 3.63) is 52.8 Å². The van der Waals surface area contributed by atoms with Gasteiger partial charge in [0.25, 0.3) is 0 Å². The Morgan fingerprint density at radius 3 is 2.29 bits per heavy atom. The van der Waals surface area contributed by atoms with Gasteiger partial charge in [-0.2, -0.15) is 5.10 Å². The van der Waals surface area contributed by atoms with Gasteiger partial charge in [0.15, 0.2) is 0 Å². The number of aryl methyl sites for hydroxylation is 2. The molecule has 2 aromatic rings. The minimum Gasteiger partial charge on any atom is -0.330 e. The van der Waals surface area contributed by atoms with E-state index in [0.717, 1.165) is 18.7 Å². The van der Waals surface area contributed by atoms with Gasteiger partial charge in [-0.1, -0.05) is 24.3 Å². The molecule has 0 amide bonds. The van der Waals surface area contributed by atoms with Crippen LogP contribution in [0.3, 0.4) is 0 Å². The lowest BCUT2D eigenvalue weighted by atomic mass is 10.1. The lowest BCUT2D eigenvalue weighted by Gasteiger charge is -2.06. The van der Waals surface area contributed by atoms with Crippen molar-refractivity contribution in [2.75, 3.05) is 6.54 Å². The average molecular weight is 229 g/mol. The summed E-state index contributed by atoms with van der Waals surface area (Å²) in [5.41, 5.74) is 10.4. The lowest BCUT2D eigenvalue weighted by Crippen LogP contribution is -2.05. The maximum Gasteiger partial charge on any atom is 0.0662 e. The van der Waals surface area contributed by atoms with E-state index in [2.05, 4.69) is 42.4 Å². The largest absolute Gasteiger partial charge is 0.330 e. The highest BCUT2D eigenvalue weighted by molar-refractivity contribution is 5.23. The second-order valence-electron chi connectivity index (χ2n) is 4.44. The molecule has 0 aliphatic carbocycles. The molecule has 0 aliphatic rings. The highest BCUT2D eigenvalue weighted by atomic mass is 15.3. The Morgan fingerprint density at radius 2 is 1.76 bits per heavy atom. The van der Waals surface area contributed by atoms with Gasteiger partial charge >= 0.3 is 0 Å². The van der Waals surface area contributed by atoms with Gasteiger partial charge in [0.05, 0.1) is 12.2 Å². The van der Waals surface area contributed by atoms with Gasteiger partial charge in [-0.05, 0) is 44.0 Å². The second kappa shape index (κ2) is 5.15. The van der Waals surface area contributed by atoms with Crippen LogP contribution in [0.4, 0.5) is 0 Å². The SMILES string of the molecule is Cc1cc(C)n(Cc2ccc(CCN)cc2)n1. The third-order valence-electron chi connectivity index (χ3n) is 2.89. The van der Waals surface area contributed by atoms with Crippen LogP contribution in [0.2, 0.25) is 0 Å². The topological polar surface area (TPSA) is 43.8 Å². The van der Waals surface area contributed by atoms with Crippen LogP contribution < -0.4 is 5.73 Å². The Bertz CT molecular complexity index is 483. The quantitative estimate of drug-likeness (QED) is 0.872. The fourth-order valence-electron chi connectivity index (χ4n) is 1.99. The predicted molar refractivity (Wildman–Crippen MR) is 70.0 cm³/mol. The van der Waals surface area contributed by atoms with E-state index in [-0.39, 0.29) is 0 Å². The van der Waals surface area contributed by atoms with Gasteiger partial charge < -0.3 is 5.73 Å². The maximum atomic E-state index is 5.53. The molecular weight excluding hydrogens is 210 g/mol. The van der Waals surface area contributed by atoms with E-state index in [4.69, 9.17) is 5.73 Å². The standard InChI is InChI=1S/C14H19N3/c1-11-9-12(2)17(16-11)10-14-5-3-13(4-6-14)7-8-15/h3-6,9H,7-8,10,15H2,1-2H3. The molecule has 2 N–H and O–H groups in total. The van der Waals surface area contributed by atoms with Crippen LogP contribution in [0.1, 0.15) is 22.5 Å². The van der Waals surface area contributed by atoms with Crippen LogP contribution in [0, 0.1) is 13.8 Å². The fraction of sp³-hybridized carbons (Fsp3) is 0.357. The number of hydrogen-bond acceptors (Lipinski definition) is 2. The Kier molecular flexibility index (Phi) is 3.59. The molecule has 0 bridgehead atoms. The first-order valence-electron chi connectivity index (χ1n) is 5.98. The van der Waals surface area contributed by atoms with E-state index in [1.54, 1.807) is 0 Å². The number of nitrogens with zero attached hydrogens (tertiary/aromatic N) is 2. The summed E-state index contributed by atoms with van der Waals surface area (Å²) >= 11 is 0. The monoisotopic (exact) mass is 229 g/mol. The first-order valence-corrected chi connectivity index (χ1v) is 5.98. The zero-order valence-electron chi connectivity index (χ0n) is 10.5. The molecule has 2 rings (SSSR count). The number of nitrogens with two attached hydrogens (primary N) is 1. The van der Waals surface area contributed by atoms with Crippen molar-refractivity contribution in [2.45, 2.75) is 26.8 Å². The summed E-state index contributed by atoms with van der Waals surface area (Å²) in [6.45, 7) is 5.65. The summed E-state index contributed by atoms with van der Waals surface area (Å²) < 4.78 is 2.03. The number of rotatable bonds is 4. The molecule has 1 aromatic carbocycles.